The summed E-state index contributed by atoms with van der Waals surface area (Å²) < 4.78 is 0. The summed E-state index contributed by atoms with van der Waals surface area (Å²) in [6.45, 7) is 6.59. The van der Waals surface area contributed by atoms with Crippen LogP contribution < -0.4 is 0 Å². The van der Waals surface area contributed by atoms with E-state index in [1.807, 2.05) is 36.4 Å². The summed E-state index contributed by atoms with van der Waals surface area (Å²) in [6, 6.07) is 16.2. The number of imidazole rings is 1. The molecule has 106 valence electrons. The molecule has 21 heavy (non-hydrogen) atoms. The minimum absolute atomic E-state index is 0.0712. The number of aromatic amines is 1. The maximum absolute atomic E-state index is 4.62. The highest BCUT2D eigenvalue weighted by Crippen LogP contribution is 2.31. The Balaban J connectivity index is 1.96. The van der Waals surface area contributed by atoms with Crippen molar-refractivity contribution in [2.45, 2.75) is 26.2 Å². The minimum atomic E-state index is 0.0712. The molecule has 0 unspecified atom stereocenters. The molecule has 1 heterocycles. The number of nitrogens with zero attached hydrogens (tertiary/aromatic N) is 2. The van der Waals surface area contributed by atoms with Gasteiger partial charge in [-0.05, 0) is 29.2 Å². The largest absolute Gasteiger partial charge is 0.337 e. The van der Waals surface area contributed by atoms with Crippen molar-refractivity contribution >= 4 is 22.9 Å². The van der Waals surface area contributed by atoms with Crippen LogP contribution in [0, 0.1) is 0 Å². The van der Waals surface area contributed by atoms with Crippen molar-refractivity contribution in [2.24, 2.45) is 4.99 Å². The van der Waals surface area contributed by atoms with Gasteiger partial charge in [0.2, 0.25) is 0 Å². The fourth-order valence-electron chi connectivity index (χ4n) is 2.38. The van der Waals surface area contributed by atoms with E-state index in [1.54, 1.807) is 6.21 Å². The molecular formula is C18H19N3. The van der Waals surface area contributed by atoms with Gasteiger partial charge in [-0.1, -0.05) is 51.1 Å². The highest BCUT2D eigenvalue weighted by atomic mass is 14.9. The van der Waals surface area contributed by atoms with Crippen molar-refractivity contribution in [3.05, 3.63) is 59.9 Å². The molecule has 0 bridgehead atoms. The number of hydrogen-bond acceptors (Lipinski definition) is 2. The highest BCUT2D eigenvalue weighted by molar-refractivity contribution is 5.85. The van der Waals surface area contributed by atoms with Crippen molar-refractivity contribution in [3.63, 3.8) is 0 Å². The summed E-state index contributed by atoms with van der Waals surface area (Å²) in [7, 11) is 0. The lowest BCUT2D eigenvalue weighted by atomic mass is 9.86. The van der Waals surface area contributed by atoms with Gasteiger partial charge in [-0.2, -0.15) is 0 Å². The van der Waals surface area contributed by atoms with Crippen molar-refractivity contribution < 1.29 is 0 Å². The molecule has 0 aliphatic carbocycles. The van der Waals surface area contributed by atoms with Crippen molar-refractivity contribution in [2.75, 3.05) is 0 Å². The molecule has 3 rings (SSSR count). The van der Waals surface area contributed by atoms with Crippen molar-refractivity contribution in [3.8, 4) is 0 Å². The zero-order valence-corrected chi connectivity index (χ0v) is 12.6. The van der Waals surface area contributed by atoms with E-state index in [4.69, 9.17) is 0 Å². The molecule has 0 aliphatic heterocycles. The molecule has 1 N–H and O–H groups in total. The van der Waals surface area contributed by atoms with Gasteiger partial charge in [-0.15, -0.1) is 0 Å². The van der Waals surface area contributed by atoms with Crippen molar-refractivity contribution in [1.29, 1.82) is 0 Å². The molecule has 3 aromatic rings. The number of aliphatic imine (C=N–C) groups is 1. The smallest absolute Gasteiger partial charge is 0.149 e. The number of H-pyrrole nitrogens is 1. The quantitative estimate of drug-likeness (QED) is 0.683. The predicted octanol–water partition coefficient (Wildman–Crippen LogP) is 4.61. The Bertz CT molecular complexity index is 758. The van der Waals surface area contributed by atoms with Crippen LogP contribution in [0.3, 0.4) is 0 Å². The number of aromatic nitrogens is 2. The predicted molar refractivity (Wildman–Crippen MR) is 88.5 cm³/mol. The highest BCUT2D eigenvalue weighted by Gasteiger charge is 2.16. The van der Waals surface area contributed by atoms with Crippen LogP contribution >= 0.6 is 0 Å². The third-order valence-electron chi connectivity index (χ3n) is 3.45. The Morgan fingerprint density at radius 2 is 1.71 bits per heavy atom. The maximum atomic E-state index is 4.62. The van der Waals surface area contributed by atoms with Gasteiger partial charge in [0.1, 0.15) is 5.82 Å². The van der Waals surface area contributed by atoms with E-state index in [1.165, 1.54) is 5.56 Å². The molecule has 0 atom stereocenters. The molecule has 0 aliphatic rings. The van der Waals surface area contributed by atoms with E-state index in [0.717, 1.165) is 22.5 Å². The van der Waals surface area contributed by atoms with Crippen LogP contribution in [0.4, 0.5) is 5.69 Å². The van der Waals surface area contributed by atoms with E-state index in [0.29, 0.717) is 0 Å². The molecule has 3 heteroatoms. The van der Waals surface area contributed by atoms with Gasteiger partial charge in [0, 0.05) is 0 Å². The Kier molecular flexibility index (Phi) is 3.34. The SMILES string of the molecule is CC(C)(C)c1ccccc1N=Cc1nc2ccccc2[nH]1. The topological polar surface area (TPSA) is 41.0 Å². The van der Waals surface area contributed by atoms with Crippen LogP contribution in [0.5, 0.6) is 0 Å². The average Bonchev–Trinajstić information content (AvgIpc) is 2.87. The van der Waals surface area contributed by atoms with Crippen LogP contribution in [0.1, 0.15) is 32.2 Å². The monoisotopic (exact) mass is 277 g/mol. The van der Waals surface area contributed by atoms with Crippen LogP contribution in [-0.4, -0.2) is 16.2 Å². The van der Waals surface area contributed by atoms with Crippen LogP contribution in [0.15, 0.2) is 53.5 Å². The third-order valence-corrected chi connectivity index (χ3v) is 3.45. The number of nitrogens with one attached hydrogen (secondary N) is 1. The molecule has 2 aromatic carbocycles. The second kappa shape index (κ2) is 5.17. The summed E-state index contributed by atoms with van der Waals surface area (Å²) in [5, 5.41) is 0. The maximum Gasteiger partial charge on any atom is 0.149 e. The summed E-state index contributed by atoms with van der Waals surface area (Å²) >= 11 is 0. The molecule has 3 nitrogen and oxygen atoms in total. The molecule has 0 fully saturated rings. The summed E-state index contributed by atoms with van der Waals surface area (Å²) in [5.74, 6) is 0.778. The van der Waals surface area contributed by atoms with E-state index in [-0.39, 0.29) is 5.41 Å². The number of benzene rings is 2. The van der Waals surface area contributed by atoms with Crippen LogP contribution in [0.2, 0.25) is 0 Å². The third kappa shape index (κ3) is 2.87. The average molecular weight is 277 g/mol. The standard InChI is InChI=1S/C18H19N3/c1-18(2,3)13-8-4-5-9-14(13)19-12-17-20-15-10-6-7-11-16(15)21-17/h4-12H,1-3H3,(H,20,21). The Hall–Kier alpha value is -2.42. The first-order chi connectivity index (χ1) is 10.0. The fraction of sp³-hybridized carbons (Fsp3) is 0.222. The lowest BCUT2D eigenvalue weighted by Gasteiger charge is -2.20. The molecule has 0 radical (unpaired) electrons. The summed E-state index contributed by atoms with van der Waals surface area (Å²) in [5.41, 5.74) is 4.29. The number of para-hydroxylation sites is 3. The van der Waals surface area contributed by atoms with Crippen molar-refractivity contribution in [1.82, 2.24) is 9.97 Å². The zero-order valence-electron chi connectivity index (χ0n) is 12.6. The molecule has 0 saturated carbocycles. The van der Waals surface area contributed by atoms with Gasteiger partial charge >= 0.3 is 0 Å². The first kappa shape index (κ1) is 13.6. The first-order valence-corrected chi connectivity index (χ1v) is 7.12. The number of hydrogen-bond donors (Lipinski definition) is 1. The van der Waals surface area contributed by atoms with Gasteiger partial charge in [0.15, 0.2) is 0 Å². The number of rotatable bonds is 2. The molecule has 1 aromatic heterocycles. The van der Waals surface area contributed by atoms with E-state index < -0.39 is 0 Å². The fourth-order valence-corrected chi connectivity index (χ4v) is 2.38. The second-order valence-corrected chi connectivity index (χ2v) is 6.16. The summed E-state index contributed by atoms with van der Waals surface area (Å²) in [6.07, 6.45) is 1.80. The minimum Gasteiger partial charge on any atom is -0.337 e. The lowest BCUT2D eigenvalue weighted by molar-refractivity contribution is 0.591. The van der Waals surface area contributed by atoms with E-state index in [2.05, 4.69) is 47.9 Å². The normalized spacial score (nSPS) is 12.3. The van der Waals surface area contributed by atoms with Crippen LogP contribution in [-0.2, 0) is 5.41 Å². The zero-order chi connectivity index (χ0) is 14.9. The van der Waals surface area contributed by atoms with Gasteiger partial charge < -0.3 is 4.98 Å². The Morgan fingerprint density at radius 1 is 1.00 bits per heavy atom. The van der Waals surface area contributed by atoms with E-state index in [9.17, 15) is 0 Å². The molecule has 0 amide bonds. The molecular weight excluding hydrogens is 258 g/mol. The van der Waals surface area contributed by atoms with Crippen LogP contribution in [0.25, 0.3) is 11.0 Å². The van der Waals surface area contributed by atoms with E-state index >= 15 is 0 Å². The number of fused-ring (bicyclic) bond motifs is 1. The molecule has 0 spiro atoms. The molecule has 0 saturated heterocycles. The van der Waals surface area contributed by atoms with Gasteiger partial charge in [0.25, 0.3) is 0 Å². The summed E-state index contributed by atoms with van der Waals surface area (Å²) in [4.78, 5) is 12.4. The Labute approximate surface area is 124 Å². The first-order valence-electron chi connectivity index (χ1n) is 7.12. The second-order valence-electron chi connectivity index (χ2n) is 6.16. The van der Waals surface area contributed by atoms with Gasteiger partial charge in [0.05, 0.1) is 22.9 Å². The Morgan fingerprint density at radius 3 is 2.48 bits per heavy atom. The van der Waals surface area contributed by atoms with Gasteiger partial charge in [-0.25, -0.2) is 4.98 Å². The lowest BCUT2D eigenvalue weighted by Crippen LogP contribution is -2.11. The van der Waals surface area contributed by atoms with Gasteiger partial charge in [-0.3, -0.25) is 4.99 Å².